The third kappa shape index (κ3) is 11.7. The third-order valence-corrected chi connectivity index (χ3v) is 4.15. The number of halogens is 1. The number of amides is 1. The molecule has 27 heavy (non-hydrogen) atoms. The molecule has 1 rings (SSSR count). The minimum atomic E-state index is -0.486. The smallest absolute Gasteiger partial charge is 0.255 e. The summed E-state index contributed by atoms with van der Waals surface area (Å²) in [5.41, 5.74) is 6.37. The maximum absolute atomic E-state index is 10.8. The van der Waals surface area contributed by atoms with Crippen LogP contribution in [-0.2, 0) is 11.3 Å². The number of guanidine groups is 1. The molecule has 4 N–H and O–H groups in total. The molecule has 0 saturated carbocycles. The third-order valence-electron chi connectivity index (χ3n) is 4.15. The average Bonchev–Trinajstić information content (AvgIpc) is 2.60. The first kappa shape index (κ1) is 25.5. The Morgan fingerprint density at radius 2 is 2.00 bits per heavy atom. The van der Waals surface area contributed by atoms with Crippen LogP contribution in [-0.4, -0.2) is 32.1 Å². The van der Waals surface area contributed by atoms with Crippen LogP contribution in [0.1, 0.15) is 52.0 Å². The number of carbonyl (C=O) groups is 1. The predicted octanol–water partition coefficient (Wildman–Crippen LogP) is 3.44. The summed E-state index contributed by atoms with van der Waals surface area (Å²) in [6.45, 7) is 8.16. The van der Waals surface area contributed by atoms with Crippen molar-refractivity contribution >= 4 is 35.8 Å². The lowest BCUT2D eigenvalue weighted by molar-refractivity contribution is -0.119. The van der Waals surface area contributed by atoms with Crippen molar-refractivity contribution in [3.8, 4) is 5.75 Å². The van der Waals surface area contributed by atoms with Crippen LogP contribution in [0.25, 0.3) is 0 Å². The van der Waals surface area contributed by atoms with Crippen molar-refractivity contribution in [2.24, 2.45) is 16.1 Å². The van der Waals surface area contributed by atoms with Gasteiger partial charge >= 0.3 is 0 Å². The van der Waals surface area contributed by atoms with Crippen molar-refractivity contribution in [1.82, 2.24) is 10.6 Å². The topological polar surface area (TPSA) is 88.7 Å². The molecule has 0 fully saturated rings. The maximum atomic E-state index is 10.8. The lowest BCUT2D eigenvalue weighted by Crippen LogP contribution is -2.41. The highest BCUT2D eigenvalue weighted by Crippen LogP contribution is 2.22. The van der Waals surface area contributed by atoms with E-state index in [0.29, 0.717) is 12.3 Å². The minimum Gasteiger partial charge on any atom is -0.484 e. The molecule has 1 aromatic rings. The van der Waals surface area contributed by atoms with Crippen LogP contribution in [0.15, 0.2) is 29.3 Å². The van der Waals surface area contributed by atoms with Crippen molar-refractivity contribution < 1.29 is 9.53 Å². The number of aliphatic imine (C=N–C) groups is 1. The average molecular weight is 490 g/mol. The van der Waals surface area contributed by atoms with Gasteiger partial charge < -0.3 is 21.1 Å². The molecule has 0 aliphatic rings. The molecular formula is C20H35IN4O2. The van der Waals surface area contributed by atoms with Gasteiger partial charge in [0.1, 0.15) is 5.75 Å². The first-order valence-electron chi connectivity index (χ1n) is 9.31. The van der Waals surface area contributed by atoms with E-state index in [1.807, 2.05) is 18.2 Å². The van der Waals surface area contributed by atoms with Crippen LogP contribution < -0.4 is 21.1 Å². The van der Waals surface area contributed by atoms with Gasteiger partial charge in [-0.15, -0.1) is 24.0 Å². The van der Waals surface area contributed by atoms with Crippen molar-refractivity contribution in [3.63, 3.8) is 0 Å². The van der Waals surface area contributed by atoms with Gasteiger partial charge in [-0.2, -0.15) is 0 Å². The lowest BCUT2D eigenvalue weighted by Gasteiger charge is -2.26. The minimum absolute atomic E-state index is 0. The number of benzene rings is 1. The van der Waals surface area contributed by atoms with Crippen LogP contribution in [0, 0.1) is 5.41 Å². The lowest BCUT2D eigenvalue weighted by atomic mass is 9.87. The standard InChI is InChI=1S/C20H34N4O2.HI/c1-5-6-7-11-20(2,3)15-24-19(22-4)23-13-16-9-8-10-17(12-16)26-14-18(21)25;/h8-10,12H,5-7,11,13-15H2,1-4H3,(H2,21,25)(H2,22,23,24);1H. The number of nitrogens with one attached hydrogen (secondary N) is 2. The van der Waals surface area contributed by atoms with Gasteiger partial charge in [0.25, 0.3) is 5.91 Å². The largest absolute Gasteiger partial charge is 0.484 e. The zero-order valence-electron chi connectivity index (χ0n) is 17.0. The molecule has 0 spiro atoms. The molecule has 0 heterocycles. The van der Waals surface area contributed by atoms with Gasteiger partial charge in [-0.1, -0.05) is 52.2 Å². The van der Waals surface area contributed by atoms with Gasteiger partial charge in [-0.05, 0) is 29.5 Å². The Morgan fingerprint density at radius 1 is 1.26 bits per heavy atom. The maximum Gasteiger partial charge on any atom is 0.255 e. The van der Waals surface area contributed by atoms with Crippen LogP contribution in [0.2, 0.25) is 0 Å². The first-order chi connectivity index (χ1) is 12.4. The second-order valence-electron chi connectivity index (χ2n) is 7.30. The van der Waals surface area contributed by atoms with E-state index in [2.05, 4.69) is 36.4 Å². The van der Waals surface area contributed by atoms with Crippen molar-refractivity contribution in [2.75, 3.05) is 20.2 Å². The highest BCUT2D eigenvalue weighted by atomic mass is 127. The van der Waals surface area contributed by atoms with Crippen molar-refractivity contribution in [2.45, 2.75) is 53.0 Å². The molecule has 0 saturated heterocycles. The Kier molecular flexibility index (Phi) is 12.9. The molecule has 1 amide bonds. The number of ether oxygens (including phenoxy) is 1. The van der Waals surface area contributed by atoms with Gasteiger partial charge in [-0.25, -0.2) is 0 Å². The number of primary amides is 1. The zero-order valence-corrected chi connectivity index (χ0v) is 19.3. The number of hydrogen-bond acceptors (Lipinski definition) is 3. The van der Waals surface area contributed by atoms with E-state index in [9.17, 15) is 4.79 Å². The Balaban J connectivity index is 0.00000676. The van der Waals surface area contributed by atoms with Gasteiger partial charge in [-0.3, -0.25) is 9.79 Å². The molecular weight excluding hydrogens is 455 g/mol. The first-order valence-corrected chi connectivity index (χ1v) is 9.31. The number of nitrogens with zero attached hydrogens (tertiary/aromatic N) is 1. The highest BCUT2D eigenvalue weighted by Gasteiger charge is 2.17. The second kappa shape index (κ2) is 13.6. The summed E-state index contributed by atoms with van der Waals surface area (Å²) in [5, 5.41) is 6.72. The fraction of sp³-hybridized carbons (Fsp3) is 0.600. The fourth-order valence-corrected chi connectivity index (χ4v) is 2.57. The van der Waals surface area contributed by atoms with Gasteiger partial charge in [0.15, 0.2) is 12.6 Å². The Bertz CT molecular complexity index is 591. The summed E-state index contributed by atoms with van der Waals surface area (Å²) in [6, 6.07) is 7.57. The number of rotatable bonds is 11. The fourth-order valence-electron chi connectivity index (χ4n) is 2.57. The van der Waals surface area contributed by atoms with Crippen LogP contribution in [0.5, 0.6) is 5.75 Å². The van der Waals surface area contributed by atoms with Crippen molar-refractivity contribution in [3.05, 3.63) is 29.8 Å². The molecule has 0 bridgehead atoms. The van der Waals surface area contributed by atoms with E-state index < -0.39 is 5.91 Å². The summed E-state index contributed by atoms with van der Waals surface area (Å²) in [4.78, 5) is 15.1. The molecule has 154 valence electrons. The predicted molar refractivity (Wildman–Crippen MR) is 123 cm³/mol. The Morgan fingerprint density at radius 3 is 2.63 bits per heavy atom. The van der Waals surface area contributed by atoms with E-state index in [-0.39, 0.29) is 36.0 Å². The van der Waals surface area contributed by atoms with Gasteiger partial charge in [0.05, 0.1) is 0 Å². The zero-order chi connectivity index (χ0) is 19.4. The molecule has 6 nitrogen and oxygen atoms in total. The summed E-state index contributed by atoms with van der Waals surface area (Å²) in [7, 11) is 1.77. The quantitative estimate of drug-likeness (QED) is 0.192. The normalized spacial score (nSPS) is 11.5. The van der Waals surface area contributed by atoms with E-state index in [4.69, 9.17) is 10.5 Å². The van der Waals surface area contributed by atoms with Crippen molar-refractivity contribution in [1.29, 1.82) is 0 Å². The highest BCUT2D eigenvalue weighted by molar-refractivity contribution is 14.0. The Labute approximate surface area is 180 Å². The molecule has 7 heteroatoms. The van der Waals surface area contributed by atoms with E-state index in [1.165, 1.54) is 25.7 Å². The van der Waals surface area contributed by atoms with Crippen LogP contribution in [0.3, 0.4) is 0 Å². The number of hydrogen-bond donors (Lipinski definition) is 3. The summed E-state index contributed by atoms with van der Waals surface area (Å²) < 4.78 is 5.33. The van der Waals surface area contributed by atoms with Crippen LogP contribution >= 0.6 is 24.0 Å². The van der Waals surface area contributed by atoms with Gasteiger partial charge in [0.2, 0.25) is 0 Å². The Hall–Kier alpha value is -1.51. The SMILES string of the molecule is CCCCCC(C)(C)CNC(=NC)NCc1cccc(OCC(N)=O)c1.I. The molecule has 0 aliphatic carbocycles. The molecule has 0 atom stereocenters. The van der Waals surface area contributed by atoms with E-state index in [0.717, 1.165) is 18.1 Å². The number of nitrogens with two attached hydrogens (primary N) is 1. The van der Waals surface area contributed by atoms with Gasteiger partial charge in [0, 0.05) is 20.1 Å². The summed E-state index contributed by atoms with van der Waals surface area (Å²) in [5.74, 6) is 0.916. The summed E-state index contributed by atoms with van der Waals surface area (Å²) >= 11 is 0. The van der Waals surface area contributed by atoms with Crippen LogP contribution in [0.4, 0.5) is 0 Å². The van der Waals surface area contributed by atoms with E-state index in [1.54, 1.807) is 13.1 Å². The number of unbranched alkanes of at least 4 members (excludes halogenated alkanes) is 2. The molecule has 0 unspecified atom stereocenters. The van der Waals surface area contributed by atoms with E-state index >= 15 is 0 Å². The summed E-state index contributed by atoms with van der Waals surface area (Å²) in [6.07, 6.45) is 4.99. The molecule has 0 aliphatic heterocycles. The monoisotopic (exact) mass is 490 g/mol. The molecule has 0 aromatic heterocycles. The second-order valence-corrected chi connectivity index (χ2v) is 7.30. The number of carbonyl (C=O) groups excluding carboxylic acids is 1. The molecule has 0 radical (unpaired) electrons. The molecule has 1 aromatic carbocycles.